The molecule has 13 rings (SSSR count). The van der Waals surface area contributed by atoms with Crippen LogP contribution in [0, 0.1) is 0 Å². The monoisotopic (exact) mass is 827 g/mol. The molecule has 0 saturated heterocycles. The standard InChI is InChI=1S/C57H35N5S/c1-3-17-36(18-4-1)55-58-56(60-57(59-55)46-28-15-25-43-41-23-9-11-29-48(41)61(53(43)46)38-19-5-2-6-20-38)37-33-34-51(62-49-30-12-7-21-39(49)40-22-8-13-31-50(40)62)47(35-37)45-27-16-26-44-42-24-10-14-32-52(42)63-54(44)45/h1-35H/i10D,16D,24D,26D,27D,32D. The van der Waals surface area contributed by atoms with Gasteiger partial charge in [-0.1, -0.05) is 152 Å². The van der Waals surface area contributed by atoms with Crippen LogP contribution in [-0.4, -0.2) is 24.1 Å². The second-order valence-electron chi connectivity index (χ2n) is 15.5. The Morgan fingerprint density at radius 1 is 0.397 bits per heavy atom. The summed E-state index contributed by atoms with van der Waals surface area (Å²) in [6.07, 6.45) is 0. The van der Waals surface area contributed by atoms with Gasteiger partial charge in [0.05, 0.1) is 36.0 Å². The van der Waals surface area contributed by atoms with Gasteiger partial charge in [0, 0.05) is 75.2 Å². The zero-order chi connectivity index (χ0) is 46.7. The molecule has 294 valence electrons. The van der Waals surface area contributed by atoms with Crippen LogP contribution in [0.15, 0.2) is 212 Å². The van der Waals surface area contributed by atoms with Crippen LogP contribution in [0.4, 0.5) is 0 Å². The third-order valence-corrected chi connectivity index (χ3v) is 13.1. The van der Waals surface area contributed by atoms with Crippen LogP contribution in [0.5, 0.6) is 0 Å². The minimum atomic E-state index is -0.312. The Morgan fingerprint density at radius 2 is 1.00 bits per heavy atom. The van der Waals surface area contributed by atoms with Crippen molar-refractivity contribution in [3.8, 4) is 56.7 Å². The minimum absolute atomic E-state index is 0.0551. The van der Waals surface area contributed by atoms with Gasteiger partial charge in [0.15, 0.2) is 17.5 Å². The lowest BCUT2D eigenvalue weighted by Gasteiger charge is -2.17. The Bertz CT molecular complexity index is 4220. The summed E-state index contributed by atoms with van der Waals surface area (Å²) in [5, 5.41) is 4.80. The van der Waals surface area contributed by atoms with Gasteiger partial charge in [-0.05, 0) is 60.6 Å². The van der Waals surface area contributed by atoms with Crippen molar-refractivity contribution in [2.24, 2.45) is 0 Å². The molecule has 0 bridgehead atoms. The zero-order valence-corrected chi connectivity index (χ0v) is 34.2. The first-order chi connectivity index (χ1) is 33.7. The maximum atomic E-state index is 9.72. The summed E-state index contributed by atoms with van der Waals surface area (Å²) in [5.41, 5.74) is 8.78. The Morgan fingerprint density at radius 3 is 1.75 bits per heavy atom. The highest BCUT2D eigenvalue weighted by Gasteiger charge is 2.23. The predicted molar refractivity (Wildman–Crippen MR) is 263 cm³/mol. The van der Waals surface area contributed by atoms with Crippen LogP contribution < -0.4 is 0 Å². The average molecular weight is 828 g/mol. The van der Waals surface area contributed by atoms with E-state index in [9.17, 15) is 4.11 Å². The molecule has 0 radical (unpaired) electrons. The third-order valence-electron chi connectivity index (χ3n) is 11.9. The van der Waals surface area contributed by atoms with Crippen LogP contribution in [0.3, 0.4) is 0 Å². The summed E-state index contributed by atoms with van der Waals surface area (Å²) in [6.45, 7) is 0. The number of thiophene rings is 1. The molecule has 0 saturated carbocycles. The first-order valence-electron chi connectivity index (χ1n) is 23.7. The van der Waals surface area contributed by atoms with E-state index in [2.05, 4.69) is 81.9 Å². The van der Waals surface area contributed by atoms with E-state index in [0.29, 0.717) is 49.3 Å². The number of nitrogens with zero attached hydrogens (tertiary/aromatic N) is 5. The molecule has 0 amide bonds. The molecule has 6 heteroatoms. The highest BCUT2D eigenvalue weighted by molar-refractivity contribution is 7.26. The molecule has 4 aromatic heterocycles. The molecule has 0 fully saturated rings. The van der Waals surface area contributed by atoms with Crippen molar-refractivity contribution in [3.05, 3.63) is 212 Å². The van der Waals surface area contributed by atoms with Gasteiger partial charge in [-0.2, -0.15) is 0 Å². The lowest BCUT2D eigenvalue weighted by atomic mass is 9.98. The lowest BCUT2D eigenvalue weighted by molar-refractivity contribution is 1.07. The fraction of sp³-hybridized carbons (Fsp3) is 0. The Hall–Kier alpha value is -8.19. The summed E-state index contributed by atoms with van der Waals surface area (Å²) in [6, 6.07) is 57.5. The van der Waals surface area contributed by atoms with E-state index in [1.165, 1.54) is 17.4 Å². The molecule has 0 atom stereocenters. The summed E-state index contributed by atoms with van der Waals surface area (Å²) in [4.78, 5) is 15.8. The normalized spacial score (nSPS) is 13.1. The van der Waals surface area contributed by atoms with Crippen molar-refractivity contribution >= 4 is 75.1 Å². The SMILES string of the molecule is [2H]c1cc([2H])c2sc3c(-c4cc(-c5nc(-c6ccccc6)nc(-c6cccc7c8ccccc8n(-c8ccccc8)c67)n5)ccc4-n4c5ccccc5c5ccccc54)c([2H])c([2H])c([2H])c3c2c1[2H]. The van der Waals surface area contributed by atoms with Crippen LogP contribution in [0.25, 0.3) is 120 Å². The van der Waals surface area contributed by atoms with Gasteiger partial charge in [0.1, 0.15) is 0 Å². The molecule has 0 aliphatic rings. The molecule has 0 N–H and O–H groups in total. The van der Waals surface area contributed by atoms with Gasteiger partial charge in [0.25, 0.3) is 0 Å². The van der Waals surface area contributed by atoms with Crippen LogP contribution >= 0.6 is 11.3 Å². The number of rotatable bonds is 6. The van der Waals surface area contributed by atoms with Gasteiger partial charge >= 0.3 is 0 Å². The van der Waals surface area contributed by atoms with Gasteiger partial charge in [-0.3, -0.25) is 0 Å². The second kappa shape index (κ2) is 14.2. The molecule has 0 spiro atoms. The largest absolute Gasteiger partial charge is 0.309 e. The smallest absolute Gasteiger partial charge is 0.166 e. The van der Waals surface area contributed by atoms with E-state index in [1.807, 2.05) is 97.1 Å². The van der Waals surface area contributed by atoms with Crippen LogP contribution in [0.2, 0.25) is 0 Å². The third kappa shape index (κ3) is 5.59. The van der Waals surface area contributed by atoms with E-state index in [4.69, 9.17) is 19.1 Å². The van der Waals surface area contributed by atoms with E-state index in [0.717, 1.165) is 60.4 Å². The van der Waals surface area contributed by atoms with Gasteiger partial charge < -0.3 is 9.13 Å². The average Bonchev–Trinajstić information content (AvgIpc) is 4.07. The fourth-order valence-corrected chi connectivity index (χ4v) is 10.3. The number of fused-ring (bicyclic) bond motifs is 9. The second-order valence-corrected chi connectivity index (χ2v) is 16.5. The van der Waals surface area contributed by atoms with E-state index in [1.54, 1.807) is 0 Å². The van der Waals surface area contributed by atoms with Gasteiger partial charge in [0.2, 0.25) is 0 Å². The summed E-state index contributed by atoms with van der Waals surface area (Å²) in [7, 11) is 0. The minimum Gasteiger partial charge on any atom is -0.309 e. The molecule has 4 heterocycles. The molecule has 5 nitrogen and oxygen atoms in total. The van der Waals surface area contributed by atoms with Crippen molar-refractivity contribution in [2.75, 3.05) is 0 Å². The van der Waals surface area contributed by atoms with Crippen LogP contribution in [-0.2, 0) is 0 Å². The first kappa shape index (κ1) is 29.9. The molecule has 0 aliphatic heterocycles. The molecular weight excluding hydrogens is 787 g/mol. The molecule has 0 aliphatic carbocycles. The van der Waals surface area contributed by atoms with Gasteiger partial charge in [-0.25, -0.2) is 15.0 Å². The van der Waals surface area contributed by atoms with E-state index >= 15 is 0 Å². The number of benzene rings is 9. The molecule has 9 aromatic carbocycles. The maximum Gasteiger partial charge on any atom is 0.166 e. The molecule has 63 heavy (non-hydrogen) atoms. The summed E-state index contributed by atoms with van der Waals surface area (Å²) >= 11 is 1.22. The molecule has 13 aromatic rings. The number of hydrogen-bond acceptors (Lipinski definition) is 4. The Balaban J connectivity index is 1.14. The Kier molecular flexibility index (Phi) is 6.75. The maximum absolute atomic E-state index is 9.72. The highest BCUT2D eigenvalue weighted by atomic mass is 32.1. The van der Waals surface area contributed by atoms with Crippen molar-refractivity contribution in [1.29, 1.82) is 0 Å². The summed E-state index contributed by atoms with van der Waals surface area (Å²) in [5.74, 6) is 1.33. The number of hydrogen-bond donors (Lipinski definition) is 0. The lowest BCUT2D eigenvalue weighted by Crippen LogP contribution is -2.03. The zero-order valence-electron chi connectivity index (χ0n) is 39.4. The van der Waals surface area contributed by atoms with E-state index < -0.39 is 0 Å². The molecular formula is C57H35N5S. The van der Waals surface area contributed by atoms with Crippen molar-refractivity contribution < 1.29 is 8.22 Å². The fourth-order valence-electron chi connectivity index (χ4n) is 9.20. The predicted octanol–water partition coefficient (Wildman–Crippen LogP) is 15.1. The summed E-state index contributed by atoms with van der Waals surface area (Å²) < 4.78 is 60.1. The topological polar surface area (TPSA) is 48.5 Å². The first-order valence-corrected chi connectivity index (χ1v) is 21.5. The van der Waals surface area contributed by atoms with Crippen molar-refractivity contribution in [2.45, 2.75) is 0 Å². The van der Waals surface area contributed by atoms with Crippen molar-refractivity contribution in [1.82, 2.24) is 24.1 Å². The Labute approximate surface area is 374 Å². The highest BCUT2D eigenvalue weighted by Crippen LogP contribution is 2.45. The van der Waals surface area contributed by atoms with Crippen molar-refractivity contribution in [3.63, 3.8) is 0 Å². The number of para-hydroxylation sites is 5. The van der Waals surface area contributed by atoms with Gasteiger partial charge in [-0.15, -0.1) is 11.3 Å². The quantitative estimate of drug-likeness (QED) is 0.168. The molecule has 0 unspecified atom stereocenters. The van der Waals surface area contributed by atoms with Crippen LogP contribution in [0.1, 0.15) is 8.22 Å². The number of aromatic nitrogens is 5. The van der Waals surface area contributed by atoms with E-state index in [-0.39, 0.29) is 47.0 Å².